The smallest absolute Gasteiger partial charge is 0.239 e. The van der Waals surface area contributed by atoms with Gasteiger partial charge in [0, 0.05) is 16.7 Å². The molecule has 0 saturated carbocycles. The molecule has 0 unspecified atom stereocenters. The van der Waals surface area contributed by atoms with Crippen molar-refractivity contribution in [1.82, 2.24) is 0 Å². The van der Waals surface area contributed by atoms with Gasteiger partial charge in [0.25, 0.3) is 0 Å². The highest BCUT2D eigenvalue weighted by Gasteiger charge is 2.28. The maximum absolute atomic E-state index is 14.8. The minimum Gasteiger partial charge on any atom is -0.507 e. The van der Waals surface area contributed by atoms with Gasteiger partial charge in [0.2, 0.25) is 11.2 Å². The predicted octanol–water partition coefficient (Wildman–Crippen LogP) is 12.3. The summed E-state index contributed by atoms with van der Waals surface area (Å²) in [4.78, 5) is 14.8. The molecular weight excluding hydrogens is 628 g/mol. The Morgan fingerprint density at radius 3 is 1.56 bits per heavy atom. The van der Waals surface area contributed by atoms with E-state index in [1.165, 1.54) is 25.0 Å². The van der Waals surface area contributed by atoms with Crippen molar-refractivity contribution in [3.8, 4) is 40.1 Å². The van der Waals surface area contributed by atoms with E-state index < -0.39 is 0 Å². The first-order valence-corrected chi connectivity index (χ1v) is 20.0. The van der Waals surface area contributed by atoms with E-state index in [2.05, 4.69) is 27.7 Å². The highest BCUT2D eigenvalue weighted by molar-refractivity contribution is 5.93. The summed E-state index contributed by atoms with van der Waals surface area (Å²) in [5.74, 6) is 0.242. The van der Waals surface area contributed by atoms with Crippen molar-refractivity contribution < 1.29 is 29.2 Å². The number of benzene rings is 2. The molecule has 3 aromatic rings. The predicted molar refractivity (Wildman–Crippen MR) is 206 cm³/mol. The summed E-state index contributed by atoms with van der Waals surface area (Å²) < 4.78 is 19.5. The van der Waals surface area contributed by atoms with Gasteiger partial charge < -0.3 is 29.2 Å². The van der Waals surface area contributed by atoms with Crippen molar-refractivity contribution in [2.75, 3.05) is 13.2 Å². The van der Waals surface area contributed by atoms with Crippen LogP contribution in [0.4, 0.5) is 0 Å². The molecule has 0 spiro atoms. The van der Waals surface area contributed by atoms with E-state index >= 15 is 0 Å². The quantitative estimate of drug-likeness (QED) is 0.0538. The van der Waals surface area contributed by atoms with Crippen LogP contribution in [0.3, 0.4) is 0 Å². The van der Waals surface area contributed by atoms with Crippen LogP contribution in [-0.4, -0.2) is 28.5 Å². The van der Waals surface area contributed by atoms with Crippen molar-refractivity contribution in [3.63, 3.8) is 0 Å². The Morgan fingerprint density at radius 1 is 0.560 bits per heavy atom. The fourth-order valence-electron chi connectivity index (χ4n) is 6.67. The Labute approximate surface area is 301 Å². The van der Waals surface area contributed by atoms with Crippen LogP contribution in [-0.2, 0) is 12.8 Å². The number of aryl methyl sites for hydroxylation is 1. The molecular formula is C43H66O7. The largest absolute Gasteiger partial charge is 0.507 e. The highest BCUT2D eigenvalue weighted by atomic mass is 16.5. The summed E-state index contributed by atoms with van der Waals surface area (Å²) in [6, 6.07) is 4.37. The number of phenols is 3. The molecule has 0 aliphatic rings. The second-order valence-electron chi connectivity index (χ2n) is 14.0. The van der Waals surface area contributed by atoms with Crippen molar-refractivity contribution in [1.29, 1.82) is 0 Å². The zero-order valence-electron chi connectivity index (χ0n) is 31.7. The van der Waals surface area contributed by atoms with Crippen LogP contribution in [0.5, 0.6) is 28.7 Å². The van der Waals surface area contributed by atoms with Crippen LogP contribution in [0.15, 0.2) is 27.4 Å². The van der Waals surface area contributed by atoms with Crippen LogP contribution in [0.2, 0.25) is 0 Å². The molecule has 1 aromatic heterocycles. The lowest BCUT2D eigenvalue weighted by atomic mass is 9.94. The van der Waals surface area contributed by atoms with E-state index in [1.54, 1.807) is 6.07 Å². The number of hydrogen-bond donors (Lipinski definition) is 3. The van der Waals surface area contributed by atoms with Gasteiger partial charge in [-0.2, -0.15) is 0 Å². The molecule has 0 radical (unpaired) electrons. The molecule has 7 nitrogen and oxygen atoms in total. The maximum Gasteiger partial charge on any atom is 0.239 e. The first kappa shape index (κ1) is 41.1. The molecule has 3 N–H and O–H groups in total. The topological polar surface area (TPSA) is 109 Å². The van der Waals surface area contributed by atoms with E-state index in [0.29, 0.717) is 59.5 Å². The number of ether oxygens (including phenoxy) is 2. The number of phenolic OH excluding ortho intramolecular Hbond substituents is 3. The summed E-state index contributed by atoms with van der Waals surface area (Å²) in [6.07, 6.45) is 22.4. The monoisotopic (exact) mass is 694 g/mol. The highest BCUT2D eigenvalue weighted by Crippen LogP contribution is 2.45. The third-order valence-corrected chi connectivity index (χ3v) is 9.70. The first-order valence-electron chi connectivity index (χ1n) is 20.0. The molecule has 280 valence electrons. The summed E-state index contributed by atoms with van der Waals surface area (Å²) in [5, 5.41) is 32.9. The lowest BCUT2D eigenvalue weighted by Gasteiger charge is -2.21. The average Bonchev–Trinajstić information content (AvgIpc) is 3.11. The van der Waals surface area contributed by atoms with Gasteiger partial charge in [-0.1, -0.05) is 130 Å². The Hall–Kier alpha value is -3.35. The fraction of sp³-hybridized carbons (Fsp3) is 0.651. The molecule has 0 amide bonds. The summed E-state index contributed by atoms with van der Waals surface area (Å²) >= 11 is 0. The van der Waals surface area contributed by atoms with E-state index in [4.69, 9.17) is 13.9 Å². The molecule has 0 atom stereocenters. The van der Waals surface area contributed by atoms with Crippen LogP contribution in [0, 0.1) is 0 Å². The van der Waals surface area contributed by atoms with Crippen molar-refractivity contribution in [3.05, 3.63) is 39.5 Å². The fourth-order valence-corrected chi connectivity index (χ4v) is 6.67. The molecule has 1 heterocycles. The van der Waals surface area contributed by atoms with Crippen molar-refractivity contribution >= 4 is 11.0 Å². The molecule has 3 rings (SSSR count). The number of hydrogen-bond acceptors (Lipinski definition) is 7. The number of aromatic hydroxyl groups is 3. The Bertz CT molecular complexity index is 1470. The lowest BCUT2D eigenvalue weighted by molar-refractivity contribution is 0.293. The van der Waals surface area contributed by atoms with Gasteiger partial charge in [0.15, 0.2) is 17.3 Å². The minimum absolute atomic E-state index is 0.0689. The Kier molecular flexibility index (Phi) is 19.0. The van der Waals surface area contributed by atoms with Gasteiger partial charge in [0.1, 0.15) is 22.5 Å². The zero-order valence-corrected chi connectivity index (χ0v) is 31.7. The van der Waals surface area contributed by atoms with Crippen LogP contribution in [0.25, 0.3) is 22.3 Å². The van der Waals surface area contributed by atoms with Crippen molar-refractivity contribution in [2.45, 2.75) is 169 Å². The van der Waals surface area contributed by atoms with E-state index in [0.717, 1.165) is 116 Å². The molecule has 7 heteroatoms. The van der Waals surface area contributed by atoms with E-state index in [-0.39, 0.29) is 34.2 Å². The standard InChI is InChI=1S/C43H66O7/c1-5-9-13-17-21-25-33-38(46)34(26-22-18-14-10-6-2)42-37(41(33)48-29-23-19-15-11-7-3)39(47)43(49-30-24-20-16-12-8-4)40(50-42)32-27-28-35(44)36(45)31-32/h27-28,31,44-46H,5-26,29-30H2,1-4H3. The van der Waals surface area contributed by atoms with Gasteiger partial charge in [-0.05, 0) is 56.7 Å². The third kappa shape index (κ3) is 12.2. The van der Waals surface area contributed by atoms with Crippen LogP contribution in [0.1, 0.15) is 167 Å². The van der Waals surface area contributed by atoms with Gasteiger partial charge >= 0.3 is 0 Å². The summed E-state index contributed by atoms with van der Waals surface area (Å²) in [5.41, 5.74) is 1.72. The zero-order chi connectivity index (χ0) is 36.1. The third-order valence-electron chi connectivity index (χ3n) is 9.70. The van der Waals surface area contributed by atoms with E-state index in [1.807, 2.05) is 0 Å². The SMILES string of the molecule is CCCCCCCOc1c(-c2ccc(O)c(O)c2)oc2c(CCCCCCC)c(O)c(CCCCCCC)c(OCCCCCCC)c2c1=O. The number of fused-ring (bicyclic) bond motifs is 1. The Morgan fingerprint density at radius 2 is 1.04 bits per heavy atom. The first-order chi connectivity index (χ1) is 24.4. The molecule has 50 heavy (non-hydrogen) atoms. The second-order valence-corrected chi connectivity index (χ2v) is 14.0. The maximum atomic E-state index is 14.8. The molecule has 2 aromatic carbocycles. The van der Waals surface area contributed by atoms with Gasteiger partial charge in [-0.15, -0.1) is 0 Å². The number of unbranched alkanes of at least 4 members (excludes halogenated alkanes) is 16. The van der Waals surface area contributed by atoms with Gasteiger partial charge in [-0.25, -0.2) is 0 Å². The molecule has 0 bridgehead atoms. The van der Waals surface area contributed by atoms with Crippen molar-refractivity contribution in [2.24, 2.45) is 0 Å². The van der Waals surface area contributed by atoms with E-state index in [9.17, 15) is 20.1 Å². The Balaban J connectivity index is 2.23. The normalized spacial score (nSPS) is 11.4. The summed E-state index contributed by atoms with van der Waals surface area (Å²) in [7, 11) is 0. The second kappa shape index (κ2) is 23.2. The molecule has 0 aliphatic heterocycles. The lowest BCUT2D eigenvalue weighted by Crippen LogP contribution is -2.15. The summed E-state index contributed by atoms with van der Waals surface area (Å²) in [6.45, 7) is 9.55. The molecule has 0 fully saturated rings. The average molecular weight is 695 g/mol. The van der Waals surface area contributed by atoms with Gasteiger partial charge in [-0.3, -0.25) is 4.79 Å². The van der Waals surface area contributed by atoms with Crippen LogP contribution < -0.4 is 14.9 Å². The molecule has 0 aliphatic carbocycles. The van der Waals surface area contributed by atoms with Gasteiger partial charge in [0.05, 0.1) is 13.2 Å². The molecule has 0 saturated heterocycles. The van der Waals surface area contributed by atoms with Crippen LogP contribution >= 0.6 is 0 Å². The minimum atomic E-state index is -0.331. The number of rotatable bonds is 27.